The maximum absolute atomic E-state index is 10.9. The highest BCUT2D eigenvalue weighted by atomic mass is 16.6. The van der Waals surface area contributed by atoms with Crippen molar-refractivity contribution in [3.05, 3.63) is 33.9 Å². The summed E-state index contributed by atoms with van der Waals surface area (Å²) in [4.78, 5) is 10.5. The average Bonchev–Trinajstić information content (AvgIpc) is 2.29. The molecular weight excluding hydrogens is 232 g/mol. The van der Waals surface area contributed by atoms with Crippen LogP contribution in [-0.4, -0.2) is 24.1 Å². The van der Waals surface area contributed by atoms with Gasteiger partial charge in [0.15, 0.2) is 5.75 Å². The van der Waals surface area contributed by atoms with Crippen molar-refractivity contribution >= 4 is 5.69 Å². The molecule has 0 saturated heterocycles. The summed E-state index contributed by atoms with van der Waals surface area (Å²) in [5.41, 5.74) is 0.827. The molecule has 0 heterocycles. The molecule has 0 spiro atoms. The number of nitro groups is 1. The minimum atomic E-state index is -0.408. The van der Waals surface area contributed by atoms with E-state index in [1.165, 1.54) is 6.07 Å². The van der Waals surface area contributed by atoms with E-state index in [1.807, 2.05) is 13.0 Å². The summed E-state index contributed by atoms with van der Waals surface area (Å²) in [7, 11) is 0. The third-order valence-corrected chi connectivity index (χ3v) is 2.51. The van der Waals surface area contributed by atoms with Crippen LogP contribution in [0.4, 0.5) is 5.69 Å². The maximum atomic E-state index is 10.9. The van der Waals surface area contributed by atoms with Crippen molar-refractivity contribution < 1.29 is 9.66 Å². The van der Waals surface area contributed by atoms with Gasteiger partial charge in [0.1, 0.15) is 0 Å². The average molecular weight is 252 g/mol. The van der Waals surface area contributed by atoms with E-state index < -0.39 is 4.92 Å². The van der Waals surface area contributed by atoms with E-state index in [1.54, 1.807) is 6.07 Å². The highest BCUT2D eigenvalue weighted by Gasteiger charge is 2.16. The fourth-order valence-electron chi connectivity index (χ4n) is 1.61. The Kier molecular flexibility index (Phi) is 5.58. The van der Waals surface area contributed by atoms with Crippen LogP contribution in [-0.2, 0) is 0 Å². The van der Waals surface area contributed by atoms with Crippen LogP contribution in [0.1, 0.15) is 25.8 Å². The summed E-state index contributed by atoms with van der Waals surface area (Å²) in [6, 6.07) is 5.39. The topological polar surface area (TPSA) is 64.4 Å². The van der Waals surface area contributed by atoms with Crippen molar-refractivity contribution in [1.82, 2.24) is 5.32 Å². The molecule has 0 aliphatic rings. The SMILES string of the molecule is Cc1cccc([N+](=O)[O-])c1OCCCNC(C)C. The van der Waals surface area contributed by atoms with Crippen LogP contribution in [0.3, 0.4) is 0 Å². The maximum Gasteiger partial charge on any atom is 0.311 e. The molecule has 1 aromatic carbocycles. The highest BCUT2D eigenvalue weighted by Crippen LogP contribution is 2.30. The first-order chi connectivity index (χ1) is 8.52. The van der Waals surface area contributed by atoms with Crippen molar-refractivity contribution in [1.29, 1.82) is 0 Å². The smallest absolute Gasteiger partial charge is 0.311 e. The molecule has 0 aliphatic carbocycles. The molecule has 0 unspecified atom stereocenters. The Balaban J connectivity index is 2.53. The van der Waals surface area contributed by atoms with Crippen molar-refractivity contribution in [3.63, 3.8) is 0 Å². The van der Waals surface area contributed by atoms with Crippen molar-refractivity contribution in [2.45, 2.75) is 33.2 Å². The Morgan fingerprint density at radius 3 is 2.78 bits per heavy atom. The number of ether oxygens (including phenoxy) is 1. The molecule has 0 fully saturated rings. The molecule has 100 valence electrons. The summed E-state index contributed by atoms with van der Waals surface area (Å²) in [5, 5.41) is 14.1. The Labute approximate surface area is 107 Å². The van der Waals surface area contributed by atoms with Gasteiger partial charge in [-0.2, -0.15) is 0 Å². The van der Waals surface area contributed by atoms with Crippen LogP contribution in [0.2, 0.25) is 0 Å². The summed E-state index contributed by atoms with van der Waals surface area (Å²) >= 11 is 0. The fraction of sp³-hybridized carbons (Fsp3) is 0.538. The minimum Gasteiger partial charge on any atom is -0.487 e. The fourth-order valence-corrected chi connectivity index (χ4v) is 1.61. The zero-order valence-electron chi connectivity index (χ0n) is 11.1. The molecule has 0 bridgehead atoms. The van der Waals surface area contributed by atoms with Crippen molar-refractivity contribution in [2.24, 2.45) is 0 Å². The van der Waals surface area contributed by atoms with Crippen molar-refractivity contribution in [2.75, 3.05) is 13.2 Å². The number of hydrogen-bond acceptors (Lipinski definition) is 4. The van der Waals surface area contributed by atoms with Crippen LogP contribution in [0.15, 0.2) is 18.2 Å². The quantitative estimate of drug-likeness (QED) is 0.460. The molecular formula is C13H20N2O3. The van der Waals surface area contributed by atoms with Gasteiger partial charge in [0.2, 0.25) is 0 Å². The number of hydrogen-bond donors (Lipinski definition) is 1. The van der Waals surface area contributed by atoms with Gasteiger partial charge in [-0.15, -0.1) is 0 Å². The lowest BCUT2D eigenvalue weighted by Gasteiger charge is -2.11. The van der Waals surface area contributed by atoms with E-state index in [-0.39, 0.29) is 5.69 Å². The first-order valence-corrected chi connectivity index (χ1v) is 6.12. The third kappa shape index (κ3) is 4.33. The molecule has 1 aromatic rings. The lowest BCUT2D eigenvalue weighted by atomic mass is 10.2. The molecule has 1 rings (SSSR count). The molecule has 5 nitrogen and oxygen atoms in total. The highest BCUT2D eigenvalue weighted by molar-refractivity contribution is 5.51. The number of rotatable bonds is 7. The molecule has 1 N–H and O–H groups in total. The van der Waals surface area contributed by atoms with E-state index in [0.29, 0.717) is 18.4 Å². The standard InChI is InChI=1S/C13H20N2O3/c1-10(2)14-8-5-9-18-13-11(3)6-4-7-12(13)15(16)17/h4,6-7,10,14H,5,8-9H2,1-3H3. The number of aryl methyl sites for hydroxylation is 1. The van der Waals surface area contributed by atoms with Gasteiger partial charge in [-0.1, -0.05) is 26.0 Å². The molecule has 0 aromatic heterocycles. The Hall–Kier alpha value is -1.62. The Bertz CT molecular complexity index is 405. The van der Waals surface area contributed by atoms with E-state index >= 15 is 0 Å². The van der Waals surface area contributed by atoms with Gasteiger partial charge in [0.05, 0.1) is 11.5 Å². The van der Waals surface area contributed by atoms with Gasteiger partial charge in [0, 0.05) is 12.1 Å². The van der Waals surface area contributed by atoms with E-state index in [4.69, 9.17) is 4.74 Å². The largest absolute Gasteiger partial charge is 0.487 e. The molecule has 18 heavy (non-hydrogen) atoms. The zero-order valence-corrected chi connectivity index (χ0v) is 11.1. The minimum absolute atomic E-state index is 0.0341. The van der Waals surface area contributed by atoms with Gasteiger partial charge in [-0.05, 0) is 25.5 Å². The van der Waals surface area contributed by atoms with Gasteiger partial charge in [-0.25, -0.2) is 0 Å². The number of nitrogens with one attached hydrogen (secondary N) is 1. The molecule has 0 atom stereocenters. The van der Waals surface area contributed by atoms with Gasteiger partial charge < -0.3 is 10.1 Å². The number of benzene rings is 1. The summed E-state index contributed by atoms with van der Waals surface area (Å²) < 4.78 is 5.53. The lowest BCUT2D eigenvalue weighted by molar-refractivity contribution is -0.385. The van der Waals surface area contributed by atoms with Gasteiger partial charge in [-0.3, -0.25) is 10.1 Å². The molecule has 0 amide bonds. The summed E-state index contributed by atoms with van der Waals surface area (Å²) in [6.07, 6.45) is 0.823. The molecule has 0 radical (unpaired) electrons. The van der Waals surface area contributed by atoms with Crippen molar-refractivity contribution in [3.8, 4) is 5.75 Å². The second kappa shape index (κ2) is 6.96. The number of nitrogens with zero attached hydrogens (tertiary/aromatic N) is 1. The van der Waals surface area contributed by atoms with Crippen LogP contribution >= 0.6 is 0 Å². The first-order valence-electron chi connectivity index (χ1n) is 6.12. The lowest BCUT2D eigenvalue weighted by Crippen LogP contribution is -2.24. The molecule has 5 heteroatoms. The number of nitro benzene ring substituents is 1. The molecule has 0 saturated carbocycles. The molecule has 0 aliphatic heterocycles. The van der Waals surface area contributed by atoms with Crippen LogP contribution in [0.25, 0.3) is 0 Å². The van der Waals surface area contributed by atoms with E-state index in [0.717, 1.165) is 18.5 Å². The first kappa shape index (κ1) is 14.4. The predicted molar refractivity (Wildman–Crippen MR) is 71.1 cm³/mol. The van der Waals surface area contributed by atoms with E-state index in [9.17, 15) is 10.1 Å². The van der Waals surface area contributed by atoms with Crippen LogP contribution < -0.4 is 10.1 Å². The van der Waals surface area contributed by atoms with Crippen LogP contribution in [0.5, 0.6) is 5.75 Å². The zero-order chi connectivity index (χ0) is 13.5. The summed E-state index contributed by atoms with van der Waals surface area (Å²) in [5.74, 6) is 0.382. The summed E-state index contributed by atoms with van der Waals surface area (Å²) in [6.45, 7) is 7.29. The predicted octanol–water partition coefficient (Wildman–Crippen LogP) is 2.67. The second-order valence-corrected chi connectivity index (χ2v) is 4.49. The Morgan fingerprint density at radius 2 is 2.17 bits per heavy atom. The van der Waals surface area contributed by atoms with E-state index in [2.05, 4.69) is 19.2 Å². The Morgan fingerprint density at radius 1 is 1.44 bits per heavy atom. The van der Waals surface area contributed by atoms with Crippen LogP contribution in [0, 0.1) is 17.0 Å². The normalized spacial score (nSPS) is 10.7. The van der Waals surface area contributed by atoms with Gasteiger partial charge in [0.25, 0.3) is 0 Å². The number of para-hydroxylation sites is 1. The second-order valence-electron chi connectivity index (χ2n) is 4.49. The van der Waals surface area contributed by atoms with Gasteiger partial charge >= 0.3 is 5.69 Å². The monoisotopic (exact) mass is 252 g/mol. The third-order valence-electron chi connectivity index (χ3n) is 2.51.